The number of Topliss-reactive ketones (excluding diaryl/α,β-unsaturated/α-hetero) is 2. The summed E-state index contributed by atoms with van der Waals surface area (Å²) >= 11 is 1.21. The first-order valence-electron chi connectivity index (χ1n) is 9.40. The Balaban J connectivity index is 1.48. The summed E-state index contributed by atoms with van der Waals surface area (Å²) in [6, 6.07) is 6.79. The maximum atomic E-state index is 12.4. The van der Waals surface area contributed by atoms with Crippen LogP contribution in [0, 0.1) is 18.3 Å². The van der Waals surface area contributed by atoms with Crippen molar-refractivity contribution < 1.29 is 28.6 Å². The van der Waals surface area contributed by atoms with Gasteiger partial charge in [-0.1, -0.05) is 0 Å². The van der Waals surface area contributed by atoms with Crippen LogP contribution < -0.4 is 9.47 Å². The molecular weight excluding hydrogens is 408 g/mol. The molecule has 0 fully saturated rings. The van der Waals surface area contributed by atoms with Gasteiger partial charge in [-0.25, -0.2) is 4.98 Å². The lowest BCUT2D eigenvalue weighted by molar-refractivity contribution is -0.148. The number of rotatable bonds is 8. The number of carbonyl (C=O) groups excluding carboxylic acids is 3. The van der Waals surface area contributed by atoms with E-state index in [1.807, 2.05) is 6.07 Å². The van der Waals surface area contributed by atoms with Gasteiger partial charge in [0, 0.05) is 29.5 Å². The molecule has 8 nitrogen and oxygen atoms in total. The first kappa shape index (κ1) is 21.5. The number of nitrogens with zero attached hydrogens (tertiary/aromatic N) is 2. The fourth-order valence-electron chi connectivity index (χ4n) is 2.77. The molecule has 1 aromatic heterocycles. The van der Waals surface area contributed by atoms with Crippen LogP contribution in [0.25, 0.3) is 0 Å². The molecule has 1 aromatic carbocycles. The van der Waals surface area contributed by atoms with E-state index in [2.05, 4.69) is 4.98 Å². The number of esters is 1. The predicted octanol–water partition coefficient (Wildman–Crippen LogP) is 3.00. The number of fused-ring (bicyclic) bond motifs is 1. The van der Waals surface area contributed by atoms with Crippen molar-refractivity contribution in [2.75, 3.05) is 19.8 Å². The number of benzene rings is 1. The molecule has 0 radical (unpaired) electrons. The molecule has 0 amide bonds. The van der Waals surface area contributed by atoms with Crippen LogP contribution in [0.3, 0.4) is 0 Å². The highest BCUT2D eigenvalue weighted by Gasteiger charge is 2.24. The molecule has 9 heteroatoms. The van der Waals surface area contributed by atoms with Gasteiger partial charge in [0.1, 0.15) is 5.01 Å². The van der Waals surface area contributed by atoms with E-state index in [4.69, 9.17) is 14.2 Å². The van der Waals surface area contributed by atoms with E-state index in [1.165, 1.54) is 11.3 Å². The lowest BCUT2D eigenvalue weighted by Crippen LogP contribution is -2.20. The van der Waals surface area contributed by atoms with E-state index in [9.17, 15) is 19.6 Å². The average Bonchev–Trinajstić information content (AvgIpc) is 3.02. The quantitative estimate of drug-likeness (QED) is 0.465. The van der Waals surface area contributed by atoms with Gasteiger partial charge in [-0.3, -0.25) is 14.4 Å². The molecule has 0 saturated carbocycles. The normalized spacial score (nSPS) is 13.6. The van der Waals surface area contributed by atoms with Gasteiger partial charge in [0.2, 0.25) is 0 Å². The van der Waals surface area contributed by atoms with Crippen LogP contribution in [0.15, 0.2) is 23.6 Å². The molecule has 0 aliphatic carbocycles. The summed E-state index contributed by atoms with van der Waals surface area (Å²) in [5.74, 6) is -1.45. The maximum absolute atomic E-state index is 12.4. The van der Waals surface area contributed by atoms with Crippen molar-refractivity contribution in [3.63, 3.8) is 0 Å². The van der Waals surface area contributed by atoms with Crippen molar-refractivity contribution in [1.29, 1.82) is 5.26 Å². The van der Waals surface area contributed by atoms with Crippen molar-refractivity contribution in [3.05, 3.63) is 39.8 Å². The number of aryl methyl sites for hydroxylation is 1. The number of ketones is 2. The monoisotopic (exact) mass is 428 g/mol. The van der Waals surface area contributed by atoms with Crippen LogP contribution in [0.4, 0.5) is 0 Å². The number of thiazole rings is 1. The van der Waals surface area contributed by atoms with Gasteiger partial charge in [-0.15, -0.1) is 11.3 Å². The number of ether oxygens (including phenoxy) is 3. The fourth-order valence-corrected chi connectivity index (χ4v) is 3.63. The van der Waals surface area contributed by atoms with Crippen molar-refractivity contribution in [2.24, 2.45) is 0 Å². The Morgan fingerprint density at radius 3 is 2.70 bits per heavy atom. The number of hydrogen-bond acceptors (Lipinski definition) is 9. The van der Waals surface area contributed by atoms with Crippen LogP contribution in [-0.2, 0) is 14.3 Å². The molecule has 30 heavy (non-hydrogen) atoms. The SMILES string of the molecule is Cc1csc([C@@H](C#N)C(=O)COC(=O)CCC(=O)c2ccc3c(c2)OCCCO3)n1. The second-order valence-corrected chi connectivity index (χ2v) is 7.54. The number of nitriles is 1. The zero-order chi connectivity index (χ0) is 21.5. The van der Waals surface area contributed by atoms with E-state index < -0.39 is 24.3 Å². The molecule has 0 N–H and O–H groups in total. The fraction of sp³-hybridized carbons (Fsp3) is 0.381. The zero-order valence-corrected chi connectivity index (χ0v) is 17.2. The molecule has 3 rings (SSSR count). The Hall–Kier alpha value is -3.25. The molecule has 0 spiro atoms. The van der Waals surface area contributed by atoms with Crippen LogP contribution in [0.2, 0.25) is 0 Å². The van der Waals surface area contributed by atoms with Crippen molar-refractivity contribution in [3.8, 4) is 17.6 Å². The molecule has 2 heterocycles. The van der Waals surface area contributed by atoms with Crippen molar-refractivity contribution >= 4 is 28.9 Å². The van der Waals surface area contributed by atoms with E-state index in [-0.39, 0.29) is 18.6 Å². The minimum Gasteiger partial charge on any atom is -0.490 e. The minimum atomic E-state index is -1.07. The molecule has 2 aromatic rings. The number of carbonyl (C=O) groups is 3. The Labute approximate surface area is 177 Å². The highest BCUT2D eigenvalue weighted by Crippen LogP contribution is 2.31. The number of aromatic nitrogens is 1. The highest BCUT2D eigenvalue weighted by molar-refractivity contribution is 7.09. The standard InChI is InChI=1S/C21H20N2O6S/c1-13-12-30-21(23-13)15(10-22)17(25)11-29-20(26)6-4-16(24)14-3-5-18-19(9-14)28-8-2-7-27-18/h3,5,9,12,15H,2,4,6-8,11H2,1H3/t15-/m0/s1. The average molecular weight is 428 g/mol. The molecule has 1 atom stereocenters. The Morgan fingerprint density at radius 1 is 1.23 bits per heavy atom. The van der Waals surface area contributed by atoms with Gasteiger partial charge in [0.05, 0.1) is 25.7 Å². The van der Waals surface area contributed by atoms with Crippen LogP contribution >= 0.6 is 11.3 Å². The third-order valence-corrected chi connectivity index (χ3v) is 5.36. The first-order chi connectivity index (χ1) is 14.5. The van der Waals surface area contributed by atoms with E-state index in [0.29, 0.717) is 41.0 Å². The predicted molar refractivity (Wildman–Crippen MR) is 107 cm³/mol. The van der Waals surface area contributed by atoms with E-state index in [0.717, 1.165) is 6.42 Å². The van der Waals surface area contributed by atoms with Gasteiger partial charge >= 0.3 is 5.97 Å². The molecule has 1 aliphatic heterocycles. The Kier molecular flexibility index (Phi) is 7.14. The van der Waals surface area contributed by atoms with E-state index >= 15 is 0 Å². The molecular formula is C21H20N2O6S. The van der Waals surface area contributed by atoms with Gasteiger partial charge in [0.15, 0.2) is 35.6 Å². The van der Waals surface area contributed by atoms with Gasteiger partial charge in [-0.05, 0) is 25.1 Å². The molecule has 0 bridgehead atoms. The summed E-state index contributed by atoms with van der Waals surface area (Å²) in [5, 5.41) is 11.3. The second-order valence-electron chi connectivity index (χ2n) is 6.65. The molecule has 156 valence electrons. The Bertz CT molecular complexity index is 994. The zero-order valence-electron chi connectivity index (χ0n) is 16.4. The van der Waals surface area contributed by atoms with Crippen molar-refractivity contribution in [1.82, 2.24) is 4.98 Å². The third-order valence-electron chi connectivity index (χ3n) is 4.34. The van der Waals surface area contributed by atoms with Crippen molar-refractivity contribution in [2.45, 2.75) is 32.1 Å². The van der Waals surface area contributed by atoms with Crippen LogP contribution in [0.1, 0.15) is 46.2 Å². The molecule has 0 saturated heterocycles. The van der Waals surface area contributed by atoms with Gasteiger partial charge in [0.25, 0.3) is 0 Å². The highest BCUT2D eigenvalue weighted by atomic mass is 32.1. The second kappa shape index (κ2) is 9.98. The summed E-state index contributed by atoms with van der Waals surface area (Å²) in [5.41, 5.74) is 1.13. The number of hydrogen-bond donors (Lipinski definition) is 0. The lowest BCUT2D eigenvalue weighted by Gasteiger charge is -2.09. The van der Waals surface area contributed by atoms with Gasteiger partial charge in [-0.2, -0.15) is 5.26 Å². The minimum absolute atomic E-state index is 0.0694. The topological polar surface area (TPSA) is 116 Å². The summed E-state index contributed by atoms with van der Waals surface area (Å²) < 4.78 is 16.0. The smallest absolute Gasteiger partial charge is 0.306 e. The maximum Gasteiger partial charge on any atom is 0.306 e. The Morgan fingerprint density at radius 2 is 2.00 bits per heavy atom. The van der Waals surface area contributed by atoms with Gasteiger partial charge < -0.3 is 14.2 Å². The first-order valence-corrected chi connectivity index (χ1v) is 10.3. The molecule has 0 unspecified atom stereocenters. The largest absolute Gasteiger partial charge is 0.490 e. The summed E-state index contributed by atoms with van der Waals surface area (Å²) in [6.07, 6.45) is 0.519. The lowest BCUT2D eigenvalue weighted by atomic mass is 10.1. The summed E-state index contributed by atoms with van der Waals surface area (Å²) in [7, 11) is 0. The molecule has 1 aliphatic rings. The van der Waals surface area contributed by atoms with Crippen LogP contribution in [0.5, 0.6) is 11.5 Å². The summed E-state index contributed by atoms with van der Waals surface area (Å²) in [6.45, 7) is 2.29. The third kappa shape index (κ3) is 5.42. The van der Waals surface area contributed by atoms with Crippen LogP contribution in [-0.4, -0.2) is 42.3 Å². The van der Waals surface area contributed by atoms with E-state index in [1.54, 1.807) is 30.5 Å². The summed E-state index contributed by atoms with van der Waals surface area (Å²) in [4.78, 5) is 40.6.